The molecule has 0 aromatic rings. The lowest BCUT2D eigenvalue weighted by Gasteiger charge is -1.84. The Hall–Kier alpha value is -0.465. The van der Waals surface area contributed by atoms with E-state index >= 15 is 0 Å². The van der Waals surface area contributed by atoms with Gasteiger partial charge in [0, 0.05) is 0 Å². The first-order chi connectivity index (χ1) is 2.64. The molecule has 6 heavy (non-hydrogen) atoms. The van der Waals surface area contributed by atoms with Crippen molar-refractivity contribution in [3.8, 4) is 0 Å². The highest BCUT2D eigenvalue weighted by molar-refractivity contribution is 6.86. The second kappa shape index (κ2) is 1.85. The van der Waals surface area contributed by atoms with Crippen LogP contribution in [-0.2, 0) is 0 Å². The predicted octanol–water partition coefficient (Wildman–Crippen LogP) is 1.00. The fourth-order valence-electron chi connectivity index (χ4n) is 0. The fourth-order valence-corrected chi connectivity index (χ4v) is 0. The highest BCUT2D eigenvalue weighted by Crippen LogP contribution is 1.77. The van der Waals surface area contributed by atoms with Crippen LogP contribution in [0.25, 0.3) is 0 Å². The average Bonchev–Trinajstić information content (AvgIpc) is 1.36. The minimum Gasteiger partial charge on any atom is -0.489 e. The van der Waals surface area contributed by atoms with Crippen LogP contribution in [0.3, 0.4) is 0 Å². The van der Waals surface area contributed by atoms with Crippen molar-refractivity contribution in [1.29, 1.82) is 0 Å². The Morgan fingerprint density at radius 2 is 1.83 bits per heavy atom. The van der Waals surface area contributed by atoms with Gasteiger partial charge in [-0.3, -0.25) is 4.79 Å². The van der Waals surface area contributed by atoms with Crippen LogP contribution in [0.1, 0.15) is 0 Å². The van der Waals surface area contributed by atoms with Crippen LogP contribution < -0.4 is 0 Å². The lowest BCUT2D eigenvalue weighted by atomic mass is 9.55. The first kappa shape index (κ1) is 5.53. The maximum atomic E-state index is 9.70. The standard InChI is InChI=1S/C3H7BO2/c1-4(2)3(5)6/h1-2H3,(H,5,6). The van der Waals surface area contributed by atoms with E-state index in [1.807, 2.05) is 0 Å². The molecule has 0 aromatic heterocycles. The van der Waals surface area contributed by atoms with Crippen LogP contribution >= 0.6 is 0 Å². The molecule has 0 fully saturated rings. The zero-order valence-electron chi connectivity index (χ0n) is 3.93. The fraction of sp³-hybridized carbons (Fsp3) is 0.667. The number of carboxylic acid groups (broad SMARTS) is 1. The van der Waals surface area contributed by atoms with Crippen LogP contribution in [0.15, 0.2) is 0 Å². The highest BCUT2D eigenvalue weighted by atomic mass is 16.4. The lowest BCUT2D eigenvalue weighted by Crippen LogP contribution is -2.13. The minimum atomic E-state index is -0.741. The van der Waals surface area contributed by atoms with Crippen LogP contribution in [-0.4, -0.2) is 17.7 Å². The van der Waals surface area contributed by atoms with Gasteiger partial charge in [-0.2, -0.15) is 0 Å². The van der Waals surface area contributed by atoms with Crippen LogP contribution in [0.4, 0.5) is 4.79 Å². The van der Waals surface area contributed by atoms with Crippen molar-refractivity contribution in [2.75, 3.05) is 0 Å². The van der Waals surface area contributed by atoms with E-state index in [0.29, 0.717) is 0 Å². The zero-order valence-corrected chi connectivity index (χ0v) is 3.93. The molecule has 0 aliphatic rings. The largest absolute Gasteiger partial charge is 0.489 e. The summed E-state index contributed by atoms with van der Waals surface area (Å²) in [5.74, 6) is -0.741. The van der Waals surface area contributed by atoms with E-state index in [-0.39, 0.29) is 6.71 Å². The van der Waals surface area contributed by atoms with Crippen LogP contribution in [0.5, 0.6) is 0 Å². The van der Waals surface area contributed by atoms with Crippen LogP contribution in [0.2, 0.25) is 13.6 Å². The van der Waals surface area contributed by atoms with Gasteiger partial charge in [0.1, 0.15) is 0 Å². The van der Waals surface area contributed by atoms with Gasteiger partial charge in [-0.25, -0.2) is 0 Å². The molecule has 0 saturated carbocycles. The Balaban J connectivity index is 3.26. The Bertz CT molecular complexity index is 59.8. The van der Waals surface area contributed by atoms with Crippen molar-refractivity contribution in [1.82, 2.24) is 0 Å². The van der Waals surface area contributed by atoms with Crippen molar-refractivity contribution in [3.63, 3.8) is 0 Å². The first-order valence-corrected chi connectivity index (χ1v) is 1.87. The first-order valence-electron chi connectivity index (χ1n) is 1.87. The maximum Gasteiger partial charge on any atom is 0.271 e. The molecule has 0 unspecified atom stereocenters. The molecule has 0 rings (SSSR count). The SMILES string of the molecule is CB(C)C(=O)O. The second-order valence-electron chi connectivity index (χ2n) is 1.49. The van der Waals surface area contributed by atoms with Crippen molar-refractivity contribution >= 4 is 12.6 Å². The monoisotopic (exact) mass is 86.1 g/mol. The van der Waals surface area contributed by atoms with Gasteiger partial charge >= 0.3 is 0 Å². The molecule has 0 heterocycles. The van der Waals surface area contributed by atoms with Gasteiger partial charge in [0.15, 0.2) is 0 Å². The van der Waals surface area contributed by atoms with Crippen molar-refractivity contribution in [2.45, 2.75) is 13.6 Å². The number of hydrogen-bond acceptors (Lipinski definition) is 1. The summed E-state index contributed by atoms with van der Waals surface area (Å²) < 4.78 is 0. The molecule has 0 radical (unpaired) electrons. The van der Waals surface area contributed by atoms with Gasteiger partial charge in [-0.1, -0.05) is 13.6 Å². The molecule has 34 valence electrons. The van der Waals surface area contributed by atoms with E-state index in [9.17, 15) is 4.79 Å². The summed E-state index contributed by atoms with van der Waals surface area (Å²) in [7, 11) is 0. The summed E-state index contributed by atoms with van der Waals surface area (Å²) >= 11 is 0. The average molecular weight is 85.9 g/mol. The number of rotatable bonds is 1. The topological polar surface area (TPSA) is 37.3 Å². The summed E-state index contributed by atoms with van der Waals surface area (Å²) in [6.07, 6.45) is 0. The number of carbonyl (C=O) groups is 1. The molecular weight excluding hydrogens is 78.8 g/mol. The Morgan fingerprint density at radius 1 is 1.67 bits per heavy atom. The van der Waals surface area contributed by atoms with Gasteiger partial charge in [0.2, 0.25) is 5.87 Å². The molecule has 1 N–H and O–H groups in total. The third-order valence-corrected chi connectivity index (χ3v) is 0.494. The number of hydrogen-bond donors (Lipinski definition) is 1. The minimum absolute atomic E-state index is 0.231. The van der Waals surface area contributed by atoms with Gasteiger partial charge in [0.25, 0.3) is 6.71 Å². The summed E-state index contributed by atoms with van der Waals surface area (Å²) in [5.41, 5.74) is 0. The molecule has 0 bridgehead atoms. The quantitative estimate of drug-likeness (QED) is 0.483. The Morgan fingerprint density at radius 3 is 1.83 bits per heavy atom. The van der Waals surface area contributed by atoms with Crippen molar-refractivity contribution < 1.29 is 9.90 Å². The van der Waals surface area contributed by atoms with Crippen LogP contribution in [0, 0.1) is 0 Å². The molecule has 3 heteroatoms. The second-order valence-corrected chi connectivity index (χ2v) is 1.49. The normalized spacial score (nSPS) is 7.67. The highest BCUT2D eigenvalue weighted by Gasteiger charge is 2.05. The van der Waals surface area contributed by atoms with Crippen molar-refractivity contribution in [3.05, 3.63) is 0 Å². The summed E-state index contributed by atoms with van der Waals surface area (Å²) in [4.78, 5) is 9.70. The van der Waals surface area contributed by atoms with E-state index in [1.165, 1.54) is 0 Å². The summed E-state index contributed by atoms with van der Waals surface area (Å²) in [6, 6.07) is 0. The summed E-state index contributed by atoms with van der Waals surface area (Å²) in [5, 5.41) is 7.99. The molecule has 2 nitrogen and oxygen atoms in total. The molecule has 0 saturated heterocycles. The van der Waals surface area contributed by atoms with Crippen molar-refractivity contribution in [2.24, 2.45) is 0 Å². The lowest BCUT2D eigenvalue weighted by molar-refractivity contribution is 0.219. The van der Waals surface area contributed by atoms with Gasteiger partial charge in [0.05, 0.1) is 0 Å². The molecule has 0 aliphatic carbocycles. The molecule has 0 aromatic carbocycles. The smallest absolute Gasteiger partial charge is 0.271 e. The molecular formula is C3H7BO2. The van der Waals surface area contributed by atoms with E-state index in [4.69, 9.17) is 5.11 Å². The molecule has 0 atom stereocenters. The third-order valence-electron chi connectivity index (χ3n) is 0.494. The molecule has 0 amide bonds. The Kier molecular flexibility index (Phi) is 1.71. The van der Waals surface area contributed by atoms with E-state index in [0.717, 1.165) is 0 Å². The summed E-state index contributed by atoms with van der Waals surface area (Å²) in [6.45, 7) is 3.05. The van der Waals surface area contributed by atoms with Gasteiger partial charge < -0.3 is 5.11 Å². The molecule has 0 aliphatic heterocycles. The molecule has 0 spiro atoms. The van der Waals surface area contributed by atoms with E-state index < -0.39 is 5.87 Å². The van der Waals surface area contributed by atoms with E-state index in [2.05, 4.69) is 0 Å². The van der Waals surface area contributed by atoms with E-state index in [1.54, 1.807) is 13.6 Å². The third kappa shape index (κ3) is 1.82. The predicted molar refractivity (Wildman–Crippen MR) is 25.5 cm³/mol. The maximum absolute atomic E-state index is 9.70. The zero-order chi connectivity index (χ0) is 5.15. The van der Waals surface area contributed by atoms with Gasteiger partial charge in [-0.15, -0.1) is 0 Å². The Labute approximate surface area is 37.2 Å². The van der Waals surface area contributed by atoms with Gasteiger partial charge in [-0.05, 0) is 0 Å².